The Morgan fingerprint density at radius 2 is 1.67 bits per heavy atom. The fourth-order valence-electron chi connectivity index (χ4n) is 2.40. The number of hydrogen-bond acceptors (Lipinski definition) is 2. The second kappa shape index (κ2) is 3.48. The maximum atomic E-state index is 12.1. The molecule has 0 unspecified atom stereocenters. The molecule has 1 saturated carbocycles. The van der Waals surface area contributed by atoms with Crippen molar-refractivity contribution in [2.75, 3.05) is 13.1 Å². The molecule has 2 N–H and O–H groups in total. The summed E-state index contributed by atoms with van der Waals surface area (Å²) in [4.78, 5) is 14.1. The molecule has 1 heterocycles. The molecule has 2 fully saturated rings. The van der Waals surface area contributed by atoms with Gasteiger partial charge in [0.2, 0.25) is 5.91 Å². The van der Waals surface area contributed by atoms with Crippen LogP contribution in [-0.4, -0.2) is 29.4 Å². The van der Waals surface area contributed by atoms with Gasteiger partial charge in [-0.25, -0.2) is 0 Å². The van der Waals surface area contributed by atoms with Crippen LogP contribution in [0.1, 0.15) is 46.0 Å². The molecule has 15 heavy (non-hydrogen) atoms. The van der Waals surface area contributed by atoms with Crippen LogP contribution >= 0.6 is 0 Å². The van der Waals surface area contributed by atoms with E-state index in [1.807, 2.05) is 4.90 Å². The molecule has 0 radical (unpaired) electrons. The number of likely N-dealkylation sites (tertiary alicyclic amines) is 1. The molecule has 1 saturated heterocycles. The minimum absolute atomic E-state index is 0.198. The maximum Gasteiger partial charge on any atom is 0.242 e. The van der Waals surface area contributed by atoms with Crippen LogP contribution in [0, 0.1) is 5.41 Å². The Morgan fingerprint density at radius 1 is 1.13 bits per heavy atom. The molecule has 3 heteroatoms. The first kappa shape index (κ1) is 10.9. The number of carbonyl (C=O) groups excluding carboxylic acids is 1. The van der Waals surface area contributed by atoms with Crippen molar-refractivity contribution >= 4 is 5.91 Å². The largest absolute Gasteiger partial charge is 0.341 e. The summed E-state index contributed by atoms with van der Waals surface area (Å²) in [5.74, 6) is 0.198. The fourth-order valence-corrected chi connectivity index (χ4v) is 2.40. The fraction of sp³-hybridized carbons (Fsp3) is 0.917. The molecule has 0 spiro atoms. The minimum Gasteiger partial charge on any atom is -0.341 e. The standard InChI is InChI=1S/C12H22N2O/c1-11(2)6-8-14(9-7-11)10(15)12(13)4-3-5-12/h3-9,13H2,1-2H3. The first-order valence-electron chi connectivity index (χ1n) is 6.01. The van der Waals surface area contributed by atoms with Crippen LogP contribution < -0.4 is 5.73 Å². The molecule has 3 nitrogen and oxygen atoms in total. The van der Waals surface area contributed by atoms with E-state index in [2.05, 4.69) is 13.8 Å². The smallest absolute Gasteiger partial charge is 0.242 e. The van der Waals surface area contributed by atoms with Gasteiger partial charge < -0.3 is 10.6 Å². The summed E-state index contributed by atoms with van der Waals surface area (Å²) in [6.07, 6.45) is 5.09. The van der Waals surface area contributed by atoms with Gasteiger partial charge >= 0.3 is 0 Å². The van der Waals surface area contributed by atoms with Crippen LogP contribution in [0.3, 0.4) is 0 Å². The van der Waals surface area contributed by atoms with Crippen molar-refractivity contribution in [1.82, 2.24) is 4.90 Å². The van der Waals surface area contributed by atoms with Crippen LogP contribution in [0.15, 0.2) is 0 Å². The van der Waals surface area contributed by atoms with Crippen LogP contribution in [0.25, 0.3) is 0 Å². The maximum absolute atomic E-state index is 12.1. The zero-order chi connectivity index (χ0) is 11.1. The van der Waals surface area contributed by atoms with Crippen LogP contribution in [-0.2, 0) is 4.79 Å². The molecule has 1 amide bonds. The Kier molecular flexibility index (Phi) is 2.53. The van der Waals surface area contributed by atoms with Crippen molar-refractivity contribution in [3.05, 3.63) is 0 Å². The molecule has 86 valence electrons. The van der Waals surface area contributed by atoms with E-state index in [0.717, 1.165) is 45.2 Å². The molecule has 2 aliphatic rings. The van der Waals surface area contributed by atoms with E-state index in [0.29, 0.717) is 5.41 Å². The average molecular weight is 210 g/mol. The first-order valence-corrected chi connectivity index (χ1v) is 6.01. The quantitative estimate of drug-likeness (QED) is 0.713. The lowest BCUT2D eigenvalue weighted by molar-refractivity contribution is -0.142. The lowest BCUT2D eigenvalue weighted by atomic mass is 9.75. The summed E-state index contributed by atoms with van der Waals surface area (Å²) in [6, 6.07) is 0. The molecular weight excluding hydrogens is 188 g/mol. The van der Waals surface area contributed by atoms with E-state index in [4.69, 9.17) is 5.73 Å². The van der Waals surface area contributed by atoms with E-state index in [9.17, 15) is 4.79 Å². The average Bonchev–Trinajstić information content (AvgIpc) is 2.13. The molecule has 0 bridgehead atoms. The molecule has 1 aliphatic carbocycles. The number of hydrogen-bond donors (Lipinski definition) is 1. The summed E-state index contributed by atoms with van der Waals surface area (Å²) in [7, 11) is 0. The highest BCUT2D eigenvalue weighted by Crippen LogP contribution is 2.34. The minimum atomic E-state index is -0.499. The van der Waals surface area contributed by atoms with E-state index < -0.39 is 5.54 Å². The van der Waals surface area contributed by atoms with Crippen LogP contribution in [0.2, 0.25) is 0 Å². The Morgan fingerprint density at radius 3 is 2.07 bits per heavy atom. The van der Waals surface area contributed by atoms with E-state index in [1.165, 1.54) is 0 Å². The van der Waals surface area contributed by atoms with Gasteiger partial charge in [0, 0.05) is 13.1 Å². The summed E-state index contributed by atoms with van der Waals surface area (Å²) in [5, 5.41) is 0. The lowest BCUT2D eigenvalue weighted by Crippen LogP contribution is -2.60. The molecule has 1 aliphatic heterocycles. The normalized spacial score (nSPS) is 28.3. The van der Waals surface area contributed by atoms with Gasteiger partial charge in [0.25, 0.3) is 0 Å². The Bertz CT molecular complexity index is 259. The van der Waals surface area contributed by atoms with Crippen LogP contribution in [0.5, 0.6) is 0 Å². The van der Waals surface area contributed by atoms with Gasteiger partial charge in [-0.1, -0.05) is 13.8 Å². The third kappa shape index (κ3) is 2.03. The Hall–Kier alpha value is -0.570. The SMILES string of the molecule is CC1(C)CCN(C(=O)C2(N)CCC2)CC1. The van der Waals surface area contributed by atoms with E-state index in [1.54, 1.807) is 0 Å². The van der Waals surface area contributed by atoms with Crippen molar-refractivity contribution in [3.63, 3.8) is 0 Å². The summed E-state index contributed by atoms with van der Waals surface area (Å²) in [6.45, 7) is 6.34. The van der Waals surface area contributed by atoms with E-state index in [-0.39, 0.29) is 5.91 Å². The molecule has 0 aromatic carbocycles. The summed E-state index contributed by atoms with van der Waals surface area (Å²) < 4.78 is 0. The van der Waals surface area contributed by atoms with Gasteiger partial charge in [0.1, 0.15) is 0 Å². The summed E-state index contributed by atoms with van der Waals surface area (Å²) >= 11 is 0. The van der Waals surface area contributed by atoms with Gasteiger partial charge in [-0.3, -0.25) is 4.79 Å². The van der Waals surface area contributed by atoms with Crippen molar-refractivity contribution in [3.8, 4) is 0 Å². The second-order valence-corrected chi connectivity index (χ2v) is 5.97. The molecule has 0 aromatic rings. The van der Waals surface area contributed by atoms with Crippen molar-refractivity contribution < 1.29 is 4.79 Å². The Balaban J connectivity index is 1.93. The van der Waals surface area contributed by atoms with Crippen molar-refractivity contribution in [1.29, 1.82) is 0 Å². The third-order valence-corrected chi connectivity index (χ3v) is 4.08. The number of rotatable bonds is 1. The second-order valence-electron chi connectivity index (χ2n) is 5.97. The molecule has 0 aromatic heterocycles. The van der Waals surface area contributed by atoms with Gasteiger partial charge in [-0.2, -0.15) is 0 Å². The molecule has 2 rings (SSSR count). The summed E-state index contributed by atoms with van der Waals surface area (Å²) in [5.41, 5.74) is 5.96. The highest BCUT2D eigenvalue weighted by Gasteiger charge is 2.43. The van der Waals surface area contributed by atoms with Gasteiger partial charge in [0.15, 0.2) is 0 Å². The highest BCUT2D eigenvalue weighted by atomic mass is 16.2. The Labute approximate surface area is 92.0 Å². The zero-order valence-electron chi connectivity index (χ0n) is 9.88. The predicted molar refractivity (Wildman–Crippen MR) is 60.4 cm³/mol. The highest BCUT2D eigenvalue weighted by molar-refractivity contribution is 5.87. The molecule has 0 atom stereocenters. The number of carbonyl (C=O) groups is 1. The van der Waals surface area contributed by atoms with Gasteiger partial charge in [0.05, 0.1) is 5.54 Å². The van der Waals surface area contributed by atoms with Crippen LogP contribution in [0.4, 0.5) is 0 Å². The van der Waals surface area contributed by atoms with E-state index >= 15 is 0 Å². The molecular formula is C12H22N2O. The monoisotopic (exact) mass is 210 g/mol. The van der Waals surface area contributed by atoms with Crippen molar-refractivity contribution in [2.24, 2.45) is 11.1 Å². The van der Waals surface area contributed by atoms with Crippen molar-refractivity contribution in [2.45, 2.75) is 51.5 Å². The number of piperidine rings is 1. The zero-order valence-corrected chi connectivity index (χ0v) is 9.88. The third-order valence-electron chi connectivity index (χ3n) is 4.08. The van der Waals surface area contributed by atoms with Gasteiger partial charge in [-0.05, 0) is 37.5 Å². The lowest BCUT2D eigenvalue weighted by Gasteiger charge is -2.44. The topological polar surface area (TPSA) is 46.3 Å². The number of amides is 1. The number of nitrogens with two attached hydrogens (primary N) is 1. The van der Waals surface area contributed by atoms with Gasteiger partial charge in [-0.15, -0.1) is 0 Å². The number of nitrogens with zero attached hydrogens (tertiary/aromatic N) is 1. The first-order chi connectivity index (χ1) is 6.93. The predicted octanol–water partition coefficient (Wildman–Crippen LogP) is 1.52.